The zero-order valence-corrected chi connectivity index (χ0v) is 11.7. The summed E-state index contributed by atoms with van der Waals surface area (Å²) in [5, 5.41) is 3.64. The molecule has 2 aliphatic rings. The number of hydrogen-bond donors (Lipinski definition) is 0. The van der Waals surface area contributed by atoms with E-state index in [9.17, 15) is 9.18 Å². The lowest BCUT2D eigenvalue weighted by atomic mass is 10.1. The Morgan fingerprint density at radius 1 is 1.35 bits per heavy atom. The summed E-state index contributed by atoms with van der Waals surface area (Å²) < 4.78 is 18.7. The molecule has 3 rings (SSSR count). The molecule has 0 radical (unpaired) electrons. The number of amides is 1. The van der Waals surface area contributed by atoms with Gasteiger partial charge in [-0.1, -0.05) is 5.16 Å². The van der Waals surface area contributed by atoms with E-state index in [1.54, 1.807) is 11.8 Å². The van der Waals surface area contributed by atoms with Crippen LogP contribution in [0.3, 0.4) is 0 Å². The van der Waals surface area contributed by atoms with Crippen molar-refractivity contribution in [2.24, 2.45) is 0 Å². The van der Waals surface area contributed by atoms with E-state index in [-0.39, 0.29) is 11.9 Å². The molecule has 110 valence electrons. The van der Waals surface area contributed by atoms with Gasteiger partial charge >= 0.3 is 0 Å². The van der Waals surface area contributed by atoms with Crippen LogP contribution in [0.15, 0.2) is 10.7 Å². The SMILES string of the molecule is Cc1oncc1C(=O)N1CCN([C@@H]2CCC[C@H]2F)CC1. The topological polar surface area (TPSA) is 49.6 Å². The maximum absolute atomic E-state index is 13.8. The third kappa shape index (κ3) is 2.44. The maximum Gasteiger partial charge on any atom is 0.259 e. The van der Waals surface area contributed by atoms with Gasteiger partial charge in [0.15, 0.2) is 0 Å². The molecular weight excluding hydrogens is 261 g/mol. The summed E-state index contributed by atoms with van der Waals surface area (Å²) in [4.78, 5) is 16.3. The van der Waals surface area contributed by atoms with Crippen molar-refractivity contribution in [3.8, 4) is 0 Å². The van der Waals surface area contributed by atoms with Gasteiger partial charge in [-0.15, -0.1) is 0 Å². The molecule has 0 unspecified atom stereocenters. The van der Waals surface area contributed by atoms with E-state index in [4.69, 9.17) is 4.52 Å². The summed E-state index contributed by atoms with van der Waals surface area (Å²) in [6, 6.07) is 0.0598. The van der Waals surface area contributed by atoms with Crippen LogP contribution in [0.4, 0.5) is 4.39 Å². The second kappa shape index (κ2) is 5.52. The van der Waals surface area contributed by atoms with Crippen molar-refractivity contribution in [2.45, 2.75) is 38.4 Å². The van der Waals surface area contributed by atoms with Gasteiger partial charge in [-0.05, 0) is 26.2 Å². The highest BCUT2D eigenvalue weighted by atomic mass is 19.1. The fourth-order valence-corrected chi connectivity index (χ4v) is 3.24. The molecule has 5 nitrogen and oxygen atoms in total. The van der Waals surface area contributed by atoms with Crippen molar-refractivity contribution >= 4 is 5.91 Å². The summed E-state index contributed by atoms with van der Waals surface area (Å²) in [5.41, 5.74) is 0.530. The molecule has 0 spiro atoms. The number of rotatable bonds is 2. The molecule has 1 saturated carbocycles. The average molecular weight is 281 g/mol. The van der Waals surface area contributed by atoms with Crippen LogP contribution in [0.2, 0.25) is 0 Å². The van der Waals surface area contributed by atoms with Crippen molar-refractivity contribution in [1.29, 1.82) is 0 Å². The zero-order valence-electron chi connectivity index (χ0n) is 11.7. The van der Waals surface area contributed by atoms with Crippen LogP contribution in [0.25, 0.3) is 0 Å². The lowest BCUT2D eigenvalue weighted by Crippen LogP contribution is -2.53. The average Bonchev–Trinajstić information content (AvgIpc) is 3.07. The summed E-state index contributed by atoms with van der Waals surface area (Å²) in [6.07, 6.45) is 3.38. The van der Waals surface area contributed by atoms with Crippen LogP contribution in [-0.2, 0) is 0 Å². The van der Waals surface area contributed by atoms with Gasteiger partial charge in [0.1, 0.15) is 17.5 Å². The minimum absolute atomic E-state index is 0.0355. The van der Waals surface area contributed by atoms with Gasteiger partial charge < -0.3 is 9.42 Å². The molecule has 0 aromatic carbocycles. The highest BCUT2D eigenvalue weighted by molar-refractivity contribution is 5.94. The number of alkyl halides is 1. The van der Waals surface area contributed by atoms with Crippen LogP contribution in [0.1, 0.15) is 35.4 Å². The summed E-state index contributed by atoms with van der Waals surface area (Å²) in [6.45, 7) is 4.53. The zero-order chi connectivity index (χ0) is 14.1. The van der Waals surface area contributed by atoms with Gasteiger partial charge in [-0.25, -0.2) is 4.39 Å². The Bertz CT molecular complexity index is 483. The summed E-state index contributed by atoms with van der Waals surface area (Å²) in [7, 11) is 0. The molecule has 1 amide bonds. The van der Waals surface area contributed by atoms with Crippen LogP contribution in [0, 0.1) is 6.92 Å². The number of hydrogen-bond acceptors (Lipinski definition) is 4. The molecule has 2 atom stereocenters. The monoisotopic (exact) mass is 281 g/mol. The number of carbonyl (C=O) groups is 1. The first-order chi connectivity index (χ1) is 9.66. The van der Waals surface area contributed by atoms with E-state index >= 15 is 0 Å². The number of aromatic nitrogens is 1. The quantitative estimate of drug-likeness (QED) is 0.827. The van der Waals surface area contributed by atoms with Crippen molar-refractivity contribution in [2.75, 3.05) is 26.2 Å². The molecule has 1 aliphatic carbocycles. The van der Waals surface area contributed by atoms with Gasteiger partial charge in [0.05, 0.1) is 6.20 Å². The fraction of sp³-hybridized carbons (Fsp3) is 0.714. The number of nitrogens with zero attached hydrogens (tertiary/aromatic N) is 3. The molecular formula is C14H20FN3O2. The molecule has 2 heterocycles. The van der Waals surface area contributed by atoms with Crippen LogP contribution in [0.5, 0.6) is 0 Å². The van der Waals surface area contributed by atoms with Gasteiger partial charge in [0.25, 0.3) is 5.91 Å². The predicted molar refractivity (Wildman–Crippen MR) is 71.3 cm³/mol. The van der Waals surface area contributed by atoms with Crippen molar-refractivity contribution < 1.29 is 13.7 Å². The molecule has 6 heteroatoms. The lowest BCUT2D eigenvalue weighted by molar-refractivity contribution is 0.0487. The lowest BCUT2D eigenvalue weighted by Gasteiger charge is -2.38. The second-order valence-electron chi connectivity index (χ2n) is 5.64. The number of halogens is 1. The second-order valence-corrected chi connectivity index (χ2v) is 5.64. The summed E-state index contributed by atoms with van der Waals surface area (Å²) in [5.74, 6) is 0.517. The third-order valence-corrected chi connectivity index (χ3v) is 4.45. The minimum atomic E-state index is -0.697. The molecule has 1 aromatic heterocycles. The van der Waals surface area contributed by atoms with Crippen LogP contribution >= 0.6 is 0 Å². The Hall–Kier alpha value is -1.43. The Kier molecular flexibility index (Phi) is 3.74. The normalized spacial score (nSPS) is 28.0. The van der Waals surface area contributed by atoms with Crippen LogP contribution < -0.4 is 0 Å². The van der Waals surface area contributed by atoms with Gasteiger partial charge in [0.2, 0.25) is 0 Å². The molecule has 0 bridgehead atoms. The van der Waals surface area contributed by atoms with Crippen molar-refractivity contribution in [1.82, 2.24) is 15.0 Å². The summed E-state index contributed by atoms with van der Waals surface area (Å²) >= 11 is 0. The molecule has 1 aliphatic heterocycles. The fourth-order valence-electron chi connectivity index (χ4n) is 3.24. The number of piperazine rings is 1. The molecule has 0 N–H and O–H groups in total. The number of carbonyl (C=O) groups excluding carboxylic acids is 1. The highest BCUT2D eigenvalue weighted by Gasteiger charge is 2.34. The molecule has 1 saturated heterocycles. The predicted octanol–water partition coefficient (Wildman–Crippen LogP) is 1.63. The smallest absolute Gasteiger partial charge is 0.259 e. The van der Waals surface area contributed by atoms with Gasteiger partial charge in [-0.2, -0.15) is 0 Å². The maximum atomic E-state index is 13.8. The molecule has 1 aromatic rings. The first-order valence-electron chi connectivity index (χ1n) is 7.25. The van der Waals surface area contributed by atoms with Gasteiger partial charge in [0, 0.05) is 32.2 Å². The number of aryl methyl sites for hydroxylation is 1. The van der Waals surface area contributed by atoms with Crippen molar-refractivity contribution in [3.63, 3.8) is 0 Å². The third-order valence-electron chi connectivity index (χ3n) is 4.45. The minimum Gasteiger partial charge on any atom is -0.361 e. The van der Waals surface area contributed by atoms with E-state index < -0.39 is 6.17 Å². The Labute approximate surface area is 117 Å². The van der Waals surface area contributed by atoms with E-state index in [1.807, 2.05) is 0 Å². The Morgan fingerprint density at radius 3 is 2.65 bits per heavy atom. The van der Waals surface area contributed by atoms with E-state index in [0.717, 1.165) is 25.9 Å². The largest absolute Gasteiger partial charge is 0.361 e. The van der Waals surface area contributed by atoms with Crippen molar-refractivity contribution in [3.05, 3.63) is 17.5 Å². The van der Waals surface area contributed by atoms with E-state index in [0.29, 0.717) is 30.8 Å². The molecule has 20 heavy (non-hydrogen) atoms. The van der Waals surface area contributed by atoms with E-state index in [2.05, 4.69) is 10.1 Å². The first kappa shape index (κ1) is 13.5. The van der Waals surface area contributed by atoms with Crippen LogP contribution in [-0.4, -0.2) is 59.3 Å². The van der Waals surface area contributed by atoms with Gasteiger partial charge in [-0.3, -0.25) is 9.69 Å². The standard InChI is InChI=1S/C14H20FN3O2/c1-10-11(9-16-20-10)14(19)18-7-5-17(6-8-18)13-4-2-3-12(13)15/h9,12-13H,2-8H2,1H3/t12-,13-/m1/s1. The Balaban J connectivity index is 1.58. The Morgan fingerprint density at radius 2 is 2.10 bits per heavy atom. The highest BCUT2D eigenvalue weighted by Crippen LogP contribution is 2.27. The van der Waals surface area contributed by atoms with E-state index in [1.165, 1.54) is 6.20 Å². The first-order valence-corrected chi connectivity index (χ1v) is 7.25. The molecule has 2 fully saturated rings.